The second-order valence-electron chi connectivity index (χ2n) is 9.31. The number of hydrogen-bond donors (Lipinski definition) is 1. The lowest BCUT2D eigenvalue weighted by Crippen LogP contribution is -2.46. The Bertz CT molecular complexity index is 726. The molecule has 4 heterocycles. The van der Waals surface area contributed by atoms with Crippen molar-refractivity contribution in [3.05, 3.63) is 17.8 Å². The first-order chi connectivity index (χ1) is 16.2. The van der Waals surface area contributed by atoms with Gasteiger partial charge in [0.05, 0.1) is 39.0 Å². The summed E-state index contributed by atoms with van der Waals surface area (Å²) >= 11 is 0. The summed E-state index contributed by atoms with van der Waals surface area (Å²) in [5.74, 6) is 2.30. The highest BCUT2D eigenvalue weighted by Gasteiger charge is 2.24. The Kier molecular flexibility index (Phi) is 9.20. The number of aromatic nitrogens is 1. The van der Waals surface area contributed by atoms with E-state index in [-0.39, 0.29) is 13.4 Å². The van der Waals surface area contributed by atoms with E-state index in [1.54, 1.807) is 0 Å². The van der Waals surface area contributed by atoms with E-state index in [1.165, 1.54) is 24.8 Å². The first kappa shape index (κ1) is 24.2. The van der Waals surface area contributed by atoms with E-state index in [0.29, 0.717) is 32.3 Å². The molecule has 0 radical (unpaired) electrons. The third-order valence-corrected chi connectivity index (χ3v) is 6.99. The van der Waals surface area contributed by atoms with Crippen molar-refractivity contribution in [2.45, 2.75) is 64.0 Å². The monoisotopic (exact) mass is 462 g/mol. The summed E-state index contributed by atoms with van der Waals surface area (Å²) in [7, 11) is 0. The number of fused-ring (bicyclic) bond motifs is 1. The van der Waals surface area contributed by atoms with Crippen LogP contribution in [0.3, 0.4) is 0 Å². The van der Waals surface area contributed by atoms with Crippen LogP contribution in [-0.4, -0.2) is 87.1 Å². The first-order valence-corrected chi connectivity index (χ1v) is 12.8. The fourth-order valence-corrected chi connectivity index (χ4v) is 5.04. The van der Waals surface area contributed by atoms with Gasteiger partial charge >= 0.3 is 0 Å². The molecule has 3 aliphatic heterocycles. The van der Waals surface area contributed by atoms with Gasteiger partial charge in [-0.2, -0.15) is 0 Å². The lowest BCUT2D eigenvalue weighted by Gasteiger charge is -2.35. The third-order valence-electron chi connectivity index (χ3n) is 6.99. The number of anilines is 1. The molecule has 1 saturated carbocycles. The molecule has 1 N–H and O–H groups in total. The number of likely N-dealkylation sites (N-methyl/N-ethyl adjacent to an activating group) is 1. The fourth-order valence-electron chi connectivity index (χ4n) is 5.04. The summed E-state index contributed by atoms with van der Waals surface area (Å²) in [5.41, 5.74) is 1.30. The van der Waals surface area contributed by atoms with Crippen LogP contribution in [0.15, 0.2) is 12.3 Å². The van der Waals surface area contributed by atoms with E-state index in [2.05, 4.69) is 27.0 Å². The number of ether oxygens (including phenoxy) is 3. The van der Waals surface area contributed by atoms with Crippen molar-refractivity contribution in [3.8, 4) is 5.75 Å². The Balaban J connectivity index is 0.000000186. The zero-order valence-corrected chi connectivity index (χ0v) is 20.1. The Morgan fingerprint density at radius 2 is 1.97 bits per heavy atom. The number of nitrogens with one attached hydrogen (secondary N) is 1. The second-order valence-corrected chi connectivity index (χ2v) is 9.31. The molecule has 1 atom stereocenters. The zero-order valence-electron chi connectivity index (χ0n) is 20.1. The number of amides is 1. The molecule has 5 rings (SSSR count). The molecule has 1 aromatic heterocycles. The number of carbonyl (C=O) groups is 1. The number of carbonyl (C=O) groups excluding carboxylic acids is 1. The fraction of sp³-hybridized carbons (Fsp3) is 0.760. The Morgan fingerprint density at radius 1 is 1.15 bits per heavy atom. The lowest BCUT2D eigenvalue weighted by molar-refractivity contribution is -0.132. The molecule has 0 aromatic carbocycles. The van der Waals surface area contributed by atoms with Gasteiger partial charge in [-0.15, -0.1) is 0 Å². The molecule has 0 bridgehead atoms. The largest absolute Gasteiger partial charge is 0.493 e. The average molecular weight is 463 g/mol. The van der Waals surface area contributed by atoms with Gasteiger partial charge in [-0.05, 0) is 25.5 Å². The number of piperazine rings is 1. The molecule has 8 nitrogen and oxygen atoms in total. The van der Waals surface area contributed by atoms with Crippen LogP contribution in [0, 0.1) is 0 Å². The molecule has 33 heavy (non-hydrogen) atoms. The second kappa shape index (κ2) is 12.5. The number of pyridine rings is 1. The van der Waals surface area contributed by atoms with Crippen LogP contribution in [0.2, 0.25) is 0 Å². The first-order valence-electron chi connectivity index (χ1n) is 12.8. The van der Waals surface area contributed by atoms with E-state index in [9.17, 15) is 4.79 Å². The summed E-state index contributed by atoms with van der Waals surface area (Å²) in [5, 5.41) is 3.09. The molecule has 1 aromatic rings. The highest BCUT2D eigenvalue weighted by Crippen LogP contribution is 2.32. The maximum absolute atomic E-state index is 11.7. The number of nitrogens with zero attached hydrogens (tertiary/aromatic N) is 3. The van der Waals surface area contributed by atoms with E-state index in [0.717, 1.165) is 70.2 Å². The van der Waals surface area contributed by atoms with Gasteiger partial charge in [-0.1, -0.05) is 26.2 Å². The van der Waals surface area contributed by atoms with Crippen molar-refractivity contribution in [2.75, 3.05) is 64.1 Å². The van der Waals surface area contributed by atoms with Crippen LogP contribution in [-0.2, 0) is 20.7 Å². The topological polar surface area (TPSA) is 76.2 Å². The van der Waals surface area contributed by atoms with E-state index in [1.807, 2.05) is 12.3 Å². The van der Waals surface area contributed by atoms with Gasteiger partial charge in [0.25, 0.3) is 0 Å². The molecular formula is C25H42N4O4. The Labute approximate surface area is 199 Å². The van der Waals surface area contributed by atoms with Gasteiger partial charge in [-0.3, -0.25) is 4.79 Å². The van der Waals surface area contributed by atoms with Crippen LogP contribution in [0.25, 0.3) is 0 Å². The molecule has 4 aliphatic rings. The van der Waals surface area contributed by atoms with E-state index < -0.39 is 0 Å². The van der Waals surface area contributed by atoms with Gasteiger partial charge in [0.2, 0.25) is 5.91 Å². The molecule has 1 unspecified atom stereocenters. The number of hydrogen-bond acceptors (Lipinski definition) is 7. The highest BCUT2D eigenvalue weighted by molar-refractivity contribution is 5.76. The van der Waals surface area contributed by atoms with Crippen molar-refractivity contribution >= 4 is 11.7 Å². The van der Waals surface area contributed by atoms with Gasteiger partial charge in [0.15, 0.2) is 0 Å². The van der Waals surface area contributed by atoms with Crippen LogP contribution in [0.5, 0.6) is 5.75 Å². The normalized spacial score (nSPS) is 23.8. The van der Waals surface area contributed by atoms with Crippen molar-refractivity contribution in [2.24, 2.45) is 0 Å². The number of rotatable bonds is 5. The molecular weight excluding hydrogens is 420 g/mol. The summed E-state index contributed by atoms with van der Waals surface area (Å²) in [6, 6.07) is 2.37. The SMILES string of the molecule is CCN1CCN(c2nccc3c2CCO3)CC1.O=C(CC1COCCO1)NC1CCCCC1.[HH]. The summed E-state index contributed by atoms with van der Waals surface area (Å²) in [6.45, 7) is 10.4. The molecule has 1 amide bonds. The minimum Gasteiger partial charge on any atom is -0.493 e. The zero-order chi connectivity index (χ0) is 22.9. The maximum atomic E-state index is 11.7. The van der Waals surface area contributed by atoms with E-state index >= 15 is 0 Å². The quantitative estimate of drug-likeness (QED) is 0.721. The van der Waals surface area contributed by atoms with Crippen LogP contribution >= 0.6 is 0 Å². The maximum Gasteiger partial charge on any atom is 0.222 e. The summed E-state index contributed by atoms with van der Waals surface area (Å²) in [6.07, 6.45) is 9.33. The van der Waals surface area contributed by atoms with Gasteiger partial charge < -0.3 is 29.3 Å². The standard InChI is InChI=1S/C13H19N3O.C12H21NO3.H2/c1-2-15-6-8-16(9-7-15)13-11-4-10-17-12(11)3-5-14-13;14-12(8-11-9-15-6-7-16-11)13-10-4-2-1-3-5-10;/h3,5H,2,4,6-10H2,1H3;10-11H,1-9H2,(H,13,14);1H. The molecule has 1 aliphatic carbocycles. The smallest absolute Gasteiger partial charge is 0.222 e. The van der Waals surface area contributed by atoms with Gasteiger partial charge in [-0.25, -0.2) is 4.98 Å². The molecule has 2 saturated heterocycles. The Morgan fingerprint density at radius 3 is 2.70 bits per heavy atom. The average Bonchev–Trinajstić information content (AvgIpc) is 3.35. The van der Waals surface area contributed by atoms with Crippen LogP contribution in [0.4, 0.5) is 5.82 Å². The van der Waals surface area contributed by atoms with Gasteiger partial charge in [0, 0.05) is 51.8 Å². The van der Waals surface area contributed by atoms with Crippen LogP contribution in [0.1, 0.15) is 52.4 Å². The van der Waals surface area contributed by atoms with Crippen molar-refractivity contribution < 1.29 is 20.4 Å². The van der Waals surface area contributed by atoms with E-state index in [4.69, 9.17) is 14.2 Å². The molecule has 3 fully saturated rings. The van der Waals surface area contributed by atoms with Gasteiger partial charge in [0.1, 0.15) is 11.6 Å². The van der Waals surface area contributed by atoms with Crippen molar-refractivity contribution in [1.29, 1.82) is 0 Å². The molecule has 186 valence electrons. The highest BCUT2D eigenvalue weighted by atomic mass is 16.6. The minimum atomic E-state index is -0.0441. The summed E-state index contributed by atoms with van der Waals surface area (Å²) < 4.78 is 16.3. The van der Waals surface area contributed by atoms with Crippen LogP contribution < -0.4 is 15.0 Å². The molecule has 0 spiro atoms. The summed E-state index contributed by atoms with van der Waals surface area (Å²) in [4.78, 5) is 21.2. The van der Waals surface area contributed by atoms with Crippen molar-refractivity contribution in [1.82, 2.24) is 15.2 Å². The van der Waals surface area contributed by atoms with Crippen molar-refractivity contribution in [3.63, 3.8) is 0 Å². The lowest BCUT2D eigenvalue weighted by atomic mass is 9.95. The minimum absolute atomic E-state index is 0. The predicted molar refractivity (Wildman–Crippen MR) is 130 cm³/mol. The predicted octanol–water partition coefficient (Wildman–Crippen LogP) is 2.65. The Hall–Kier alpha value is -1.90. The third kappa shape index (κ3) is 7.04. The molecule has 8 heteroatoms.